The van der Waals surface area contributed by atoms with Crippen LogP contribution in [0.25, 0.3) is 11.3 Å². The normalized spacial score (nSPS) is 10.5. The topological polar surface area (TPSA) is 84.2 Å². The molecule has 0 fully saturated rings. The molecule has 0 atom stereocenters. The number of halogens is 2. The van der Waals surface area contributed by atoms with Crippen LogP contribution in [-0.2, 0) is 22.4 Å². The Morgan fingerprint density at radius 2 is 1.75 bits per heavy atom. The van der Waals surface area contributed by atoms with Crippen LogP contribution in [0.3, 0.4) is 0 Å². The quantitative estimate of drug-likeness (QED) is 0.594. The predicted molar refractivity (Wildman–Crippen MR) is 107 cm³/mol. The molecule has 2 aromatic carbocycles. The molecule has 0 saturated heterocycles. The van der Waals surface area contributed by atoms with E-state index in [9.17, 15) is 9.59 Å². The number of carbonyl (C=O) groups excluding carboxylic acids is 2. The van der Waals surface area contributed by atoms with Crippen LogP contribution < -0.4 is 10.9 Å². The van der Waals surface area contributed by atoms with Crippen molar-refractivity contribution in [1.29, 1.82) is 0 Å². The predicted octanol–water partition coefficient (Wildman–Crippen LogP) is 3.97. The smallest absolute Gasteiger partial charge is 0.242 e. The standard InChI is InChI=1S/C20H17Cl2N3O3/c21-14-6-7-15(16(22)11-14)17-12-23-20(28-17)9-8-18(26)24-25-19(27)10-13-4-2-1-3-5-13/h1-7,11-12H,8-10H2,(H,24,26)(H,25,27). The van der Waals surface area contributed by atoms with Crippen LogP contribution >= 0.6 is 23.2 Å². The molecule has 2 N–H and O–H groups in total. The van der Waals surface area contributed by atoms with Crippen molar-refractivity contribution in [1.82, 2.24) is 15.8 Å². The highest BCUT2D eigenvalue weighted by atomic mass is 35.5. The lowest BCUT2D eigenvalue weighted by Gasteiger charge is -2.06. The maximum Gasteiger partial charge on any atom is 0.242 e. The number of hydrogen-bond acceptors (Lipinski definition) is 4. The molecule has 0 radical (unpaired) electrons. The maximum absolute atomic E-state index is 11.9. The number of carbonyl (C=O) groups is 2. The van der Waals surface area contributed by atoms with Gasteiger partial charge in [0.05, 0.1) is 17.6 Å². The molecule has 3 rings (SSSR count). The van der Waals surface area contributed by atoms with Crippen LogP contribution in [0.15, 0.2) is 59.1 Å². The van der Waals surface area contributed by atoms with Crippen LogP contribution in [0, 0.1) is 0 Å². The molecule has 0 aliphatic carbocycles. The molecule has 0 saturated carbocycles. The molecule has 0 aliphatic rings. The molecular formula is C20H17Cl2N3O3. The fourth-order valence-corrected chi connectivity index (χ4v) is 2.99. The molecular weight excluding hydrogens is 401 g/mol. The SMILES string of the molecule is O=C(CCc1ncc(-c2ccc(Cl)cc2Cl)o1)NNC(=O)Cc1ccccc1. The Hall–Kier alpha value is -2.83. The summed E-state index contributed by atoms with van der Waals surface area (Å²) >= 11 is 12.0. The largest absolute Gasteiger partial charge is 0.441 e. The van der Waals surface area contributed by atoms with Gasteiger partial charge < -0.3 is 4.42 Å². The second-order valence-corrected chi connectivity index (χ2v) is 6.84. The fourth-order valence-electron chi connectivity index (χ4n) is 2.49. The molecule has 1 heterocycles. The number of hydrazine groups is 1. The Kier molecular flexibility index (Phi) is 6.68. The Bertz CT molecular complexity index is 974. The Labute approximate surface area is 171 Å². The minimum absolute atomic E-state index is 0.111. The zero-order valence-corrected chi connectivity index (χ0v) is 16.3. The summed E-state index contributed by atoms with van der Waals surface area (Å²) in [6.45, 7) is 0. The molecule has 3 aromatic rings. The van der Waals surface area contributed by atoms with Gasteiger partial charge in [0.1, 0.15) is 0 Å². The van der Waals surface area contributed by atoms with E-state index in [1.807, 2.05) is 30.3 Å². The van der Waals surface area contributed by atoms with E-state index in [2.05, 4.69) is 15.8 Å². The van der Waals surface area contributed by atoms with Crippen molar-refractivity contribution in [3.63, 3.8) is 0 Å². The van der Waals surface area contributed by atoms with E-state index in [0.717, 1.165) is 5.56 Å². The Balaban J connectivity index is 1.46. The van der Waals surface area contributed by atoms with Crippen LogP contribution in [0.5, 0.6) is 0 Å². The summed E-state index contributed by atoms with van der Waals surface area (Å²) in [5.41, 5.74) is 6.31. The van der Waals surface area contributed by atoms with Crippen molar-refractivity contribution in [2.75, 3.05) is 0 Å². The second kappa shape index (κ2) is 9.39. The van der Waals surface area contributed by atoms with Crippen molar-refractivity contribution in [2.24, 2.45) is 0 Å². The summed E-state index contributed by atoms with van der Waals surface area (Å²) < 4.78 is 5.64. The van der Waals surface area contributed by atoms with E-state index in [1.54, 1.807) is 24.4 Å². The van der Waals surface area contributed by atoms with E-state index >= 15 is 0 Å². The molecule has 0 unspecified atom stereocenters. The number of aryl methyl sites for hydroxylation is 1. The van der Waals surface area contributed by atoms with Gasteiger partial charge >= 0.3 is 0 Å². The van der Waals surface area contributed by atoms with Gasteiger partial charge in [-0.3, -0.25) is 20.4 Å². The number of nitrogens with zero attached hydrogens (tertiary/aromatic N) is 1. The first-order valence-corrected chi connectivity index (χ1v) is 9.28. The molecule has 1 aromatic heterocycles. The molecule has 6 nitrogen and oxygen atoms in total. The molecule has 0 aliphatic heterocycles. The lowest BCUT2D eigenvalue weighted by molar-refractivity contribution is -0.128. The summed E-state index contributed by atoms with van der Waals surface area (Å²) in [5.74, 6) is 0.251. The zero-order chi connectivity index (χ0) is 19.9. The number of nitrogens with one attached hydrogen (secondary N) is 2. The van der Waals surface area contributed by atoms with Crippen LogP contribution in [0.4, 0.5) is 0 Å². The zero-order valence-electron chi connectivity index (χ0n) is 14.7. The highest BCUT2D eigenvalue weighted by molar-refractivity contribution is 6.36. The first-order valence-electron chi connectivity index (χ1n) is 8.53. The van der Waals surface area contributed by atoms with Gasteiger partial charge in [0, 0.05) is 23.4 Å². The summed E-state index contributed by atoms with van der Waals surface area (Å²) in [4.78, 5) is 27.9. The molecule has 2 amide bonds. The average Bonchev–Trinajstić information content (AvgIpc) is 3.14. The van der Waals surface area contributed by atoms with Gasteiger partial charge in [0.2, 0.25) is 11.8 Å². The van der Waals surface area contributed by atoms with E-state index in [-0.39, 0.29) is 31.1 Å². The van der Waals surface area contributed by atoms with Gasteiger partial charge in [-0.05, 0) is 23.8 Å². The number of rotatable bonds is 6. The Morgan fingerprint density at radius 1 is 1.00 bits per heavy atom. The second-order valence-electron chi connectivity index (χ2n) is 6.00. The van der Waals surface area contributed by atoms with Crippen molar-refractivity contribution >= 4 is 35.0 Å². The summed E-state index contributed by atoms with van der Waals surface area (Å²) in [6.07, 6.45) is 2.13. The van der Waals surface area contributed by atoms with Crippen LogP contribution in [0.1, 0.15) is 17.9 Å². The van der Waals surface area contributed by atoms with Gasteiger partial charge in [-0.1, -0.05) is 53.5 Å². The maximum atomic E-state index is 11.9. The van der Waals surface area contributed by atoms with Crippen molar-refractivity contribution < 1.29 is 14.0 Å². The third-order valence-corrected chi connectivity index (χ3v) is 4.41. The summed E-state index contributed by atoms with van der Waals surface area (Å²) in [5, 5.41) is 0.980. The van der Waals surface area contributed by atoms with Crippen molar-refractivity contribution in [2.45, 2.75) is 19.3 Å². The average molecular weight is 418 g/mol. The summed E-state index contributed by atoms with van der Waals surface area (Å²) in [7, 11) is 0. The number of benzene rings is 2. The van der Waals surface area contributed by atoms with E-state index in [4.69, 9.17) is 27.6 Å². The van der Waals surface area contributed by atoms with Gasteiger partial charge in [-0.15, -0.1) is 0 Å². The minimum atomic E-state index is -0.342. The molecule has 0 spiro atoms. The van der Waals surface area contributed by atoms with Crippen LogP contribution in [0.2, 0.25) is 10.0 Å². The molecule has 28 heavy (non-hydrogen) atoms. The first-order chi connectivity index (χ1) is 13.5. The van der Waals surface area contributed by atoms with Gasteiger partial charge in [0.15, 0.2) is 11.7 Å². The third-order valence-electron chi connectivity index (χ3n) is 3.86. The van der Waals surface area contributed by atoms with Gasteiger partial charge in [0.25, 0.3) is 0 Å². The van der Waals surface area contributed by atoms with Crippen LogP contribution in [-0.4, -0.2) is 16.8 Å². The molecule has 8 heteroatoms. The van der Waals surface area contributed by atoms with Gasteiger partial charge in [-0.2, -0.15) is 0 Å². The number of oxazole rings is 1. The van der Waals surface area contributed by atoms with E-state index < -0.39 is 0 Å². The van der Waals surface area contributed by atoms with E-state index in [0.29, 0.717) is 27.3 Å². The highest BCUT2D eigenvalue weighted by Crippen LogP contribution is 2.30. The monoisotopic (exact) mass is 417 g/mol. The first kappa shape index (κ1) is 19.9. The van der Waals surface area contributed by atoms with Crippen molar-refractivity contribution in [3.05, 3.63) is 76.2 Å². The third kappa shape index (κ3) is 5.58. The number of amides is 2. The lowest BCUT2D eigenvalue weighted by atomic mass is 10.1. The molecule has 0 bridgehead atoms. The van der Waals surface area contributed by atoms with Gasteiger partial charge in [-0.25, -0.2) is 4.98 Å². The minimum Gasteiger partial charge on any atom is -0.441 e. The highest BCUT2D eigenvalue weighted by Gasteiger charge is 2.12. The van der Waals surface area contributed by atoms with E-state index in [1.165, 1.54) is 0 Å². The summed E-state index contributed by atoms with van der Waals surface area (Å²) in [6, 6.07) is 14.3. The molecule has 144 valence electrons. The lowest BCUT2D eigenvalue weighted by Crippen LogP contribution is -2.42. The van der Waals surface area contributed by atoms with Crippen molar-refractivity contribution in [3.8, 4) is 11.3 Å². The fraction of sp³-hybridized carbons (Fsp3) is 0.150. The number of hydrogen-bond donors (Lipinski definition) is 2. The Morgan fingerprint density at radius 3 is 2.50 bits per heavy atom. The number of aromatic nitrogens is 1.